The number of hydrogen-bond acceptors (Lipinski definition) is 5. The molecule has 5 rings (SSSR count). The predicted octanol–water partition coefficient (Wildman–Crippen LogP) is 8.13. The highest BCUT2D eigenvalue weighted by atomic mass is 31.2. The first-order chi connectivity index (χ1) is 18.1. The van der Waals surface area contributed by atoms with Crippen molar-refractivity contribution in [3.05, 3.63) is 29.8 Å². The second-order valence-corrected chi connectivity index (χ2v) is 15.5. The number of anilines is 1. The molecule has 1 aromatic carbocycles. The second kappa shape index (κ2) is 12.4. The highest BCUT2D eigenvalue weighted by molar-refractivity contribution is 7.54. The number of nitrogens with one attached hydrogen (secondary N) is 2. The molecule has 4 aliphatic carbocycles. The van der Waals surface area contributed by atoms with E-state index >= 15 is 0 Å². The van der Waals surface area contributed by atoms with Crippen molar-refractivity contribution in [1.82, 2.24) is 5.32 Å². The van der Waals surface area contributed by atoms with Crippen LogP contribution in [0.4, 0.5) is 5.69 Å². The van der Waals surface area contributed by atoms with E-state index in [9.17, 15) is 9.36 Å². The zero-order valence-electron chi connectivity index (χ0n) is 24.4. The molecule has 0 aliphatic heterocycles. The van der Waals surface area contributed by atoms with Gasteiger partial charge in [0, 0.05) is 17.6 Å². The summed E-state index contributed by atoms with van der Waals surface area (Å²) in [6, 6.07) is 8.10. The average molecular weight is 547 g/mol. The molecule has 1 atom stereocenters. The van der Waals surface area contributed by atoms with Gasteiger partial charge in [0.2, 0.25) is 5.91 Å². The minimum atomic E-state index is -3.41. The van der Waals surface area contributed by atoms with Crippen molar-refractivity contribution in [2.45, 2.75) is 111 Å². The highest BCUT2D eigenvalue weighted by Crippen LogP contribution is 2.60. The van der Waals surface area contributed by atoms with Crippen molar-refractivity contribution in [2.75, 3.05) is 18.5 Å². The number of carbonyl (C=O) groups excluding carboxylic acids is 1. The third-order valence-electron chi connectivity index (χ3n) is 8.91. The van der Waals surface area contributed by atoms with E-state index < -0.39 is 13.4 Å². The Kier molecular flexibility index (Phi) is 9.69. The largest absolute Gasteiger partial charge is 0.371 e. The van der Waals surface area contributed by atoms with Gasteiger partial charge in [0.1, 0.15) is 5.78 Å². The van der Waals surface area contributed by atoms with Gasteiger partial charge in [0.15, 0.2) is 0 Å². The SMILES string of the molecule is CCCCOP(=O)(OCCCC)C(Nc1ccc(CNC(=O)C23CC4CC(CC(C4)C2)C3)cc1)C(C)(C)C. The van der Waals surface area contributed by atoms with Gasteiger partial charge in [-0.2, -0.15) is 0 Å². The van der Waals surface area contributed by atoms with Crippen molar-refractivity contribution in [1.29, 1.82) is 0 Å². The molecular formula is C31H51N2O4P. The van der Waals surface area contributed by atoms with Gasteiger partial charge in [-0.25, -0.2) is 0 Å². The van der Waals surface area contributed by atoms with E-state index in [-0.39, 0.29) is 16.7 Å². The van der Waals surface area contributed by atoms with E-state index in [0.29, 0.717) is 19.8 Å². The fraction of sp³-hybridized carbons (Fsp3) is 0.774. The third kappa shape index (κ3) is 7.04. The van der Waals surface area contributed by atoms with E-state index in [1.54, 1.807) is 0 Å². The van der Waals surface area contributed by atoms with Crippen LogP contribution in [0.1, 0.15) is 104 Å². The van der Waals surface area contributed by atoms with Gasteiger partial charge >= 0.3 is 7.60 Å². The molecule has 4 saturated carbocycles. The van der Waals surface area contributed by atoms with Crippen LogP contribution in [0.2, 0.25) is 0 Å². The molecule has 38 heavy (non-hydrogen) atoms. The monoisotopic (exact) mass is 546 g/mol. The molecule has 0 aromatic heterocycles. The Balaban J connectivity index is 1.39. The number of benzene rings is 1. The van der Waals surface area contributed by atoms with Crippen molar-refractivity contribution in [2.24, 2.45) is 28.6 Å². The standard InChI is InChI=1S/C31H51N2O4P/c1-6-8-14-36-38(35,37-15-9-7-2)29(30(3,4)5)33-27-12-10-23(11-13-27)22-32-28(34)31-19-24-16-25(20-31)18-26(17-24)21-31/h10-13,24-26,29,33H,6-9,14-22H2,1-5H3,(H,32,34). The summed E-state index contributed by atoms with van der Waals surface area (Å²) in [5.41, 5.74) is 1.48. The molecule has 4 fully saturated rings. The Morgan fingerprint density at radius 2 is 1.45 bits per heavy atom. The van der Waals surface area contributed by atoms with E-state index in [2.05, 4.69) is 45.3 Å². The van der Waals surface area contributed by atoms with E-state index in [1.807, 2.05) is 24.3 Å². The van der Waals surface area contributed by atoms with Gasteiger partial charge in [-0.15, -0.1) is 0 Å². The average Bonchev–Trinajstić information content (AvgIpc) is 2.85. The van der Waals surface area contributed by atoms with Gasteiger partial charge in [0.05, 0.1) is 13.2 Å². The summed E-state index contributed by atoms with van der Waals surface area (Å²) in [5, 5.41) is 6.77. The predicted molar refractivity (Wildman–Crippen MR) is 155 cm³/mol. The fourth-order valence-corrected chi connectivity index (χ4v) is 9.66. The molecule has 0 spiro atoms. The molecule has 6 nitrogen and oxygen atoms in total. The Morgan fingerprint density at radius 3 is 1.89 bits per heavy atom. The van der Waals surface area contributed by atoms with E-state index in [0.717, 1.165) is 74.0 Å². The maximum Gasteiger partial charge on any atom is 0.353 e. The zero-order valence-corrected chi connectivity index (χ0v) is 25.3. The lowest BCUT2D eigenvalue weighted by Gasteiger charge is -2.55. The minimum absolute atomic E-state index is 0.118. The topological polar surface area (TPSA) is 76.7 Å². The Bertz CT molecular complexity index is 922. The van der Waals surface area contributed by atoms with Crippen molar-refractivity contribution in [3.8, 4) is 0 Å². The third-order valence-corrected chi connectivity index (χ3v) is 11.5. The molecular weight excluding hydrogens is 495 g/mol. The van der Waals surface area contributed by atoms with Crippen molar-refractivity contribution in [3.63, 3.8) is 0 Å². The highest BCUT2D eigenvalue weighted by Gasteiger charge is 2.54. The van der Waals surface area contributed by atoms with Gasteiger partial charge in [-0.1, -0.05) is 59.6 Å². The molecule has 0 heterocycles. The molecule has 2 N–H and O–H groups in total. The normalized spacial score (nSPS) is 27.3. The van der Waals surface area contributed by atoms with E-state index in [1.165, 1.54) is 19.3 Å². The van der Waals surface area contributed by atoms with Crippen molar-refractivity contribution < 1.29 is 18.4 Å². The number of carbonyl (C=O) groups is 1. The summed E-state index contributed by atoms with van der Waals surface area (Å²) in [5.74, 6) is 2.08. The summed E-state index contributed by atoms with van der Waals surface area (Å²) in [7, 11) is -3.41. The molecule has 214 valence electrons. The lowest BCUT2D eigenvalue weighted by molar-refractivity contribution is -0.146. The molecule has 7 heteroatoms. The minimum Gasteiger partial charge on any atom is -0.371 e. The molecule has 0 radical (unpaired) electrons. The molecule has 1 amide bonds. The van der Waals surface area contributed by atoms with Gasteiger partial charge in [-0.3, -0.25) is 9.36 Å². The summed E-state index contributed by atoms with van der Waals surface area (Å²) in [6.07, 6.45) is 10.9. The Labute approximate surface area is 230 Å². The summed E-state index contributed by atoms with van der Waals surface area (Å²) >= 11 is 0. The number of hydrogen-bond donors (Lipinski definition) is 2. The maximum atomic E-state index is 14.1. The molecule has 4 aliphatic rings. The van der Waals surface area contributed by atoms with Crippen molar-refractivity contribution >= 4 is 19.2 Å². The quantitative estimate of drug-likeness (QED) is 0.182. The van der Waals surface area contributed by atoms with Gasteiger partial charge in [0.25, 0.3) is 0 Å². The lowest BCUT2D eigenvalue weighted by Crippen LogP contribution is -2.53. The smallest absolute Gasteiger partial charge is 0.353 e. The summed E-state index contributed by atoms with van der Waals surface area (Å²) in [6.45, 7) is 11.8. The number of amides is 1. The maximum absolute atomic E-state index is 14.1. The Hall–Kier alpha value is -1.36. The Morgan fingerprint density at radius 1 is 0.947 bits per heavy atom. The zero-order chi connectivity index (χ0) is 27.4. The molecule has 1 unspecified atom stereocenters. The van der Waals surface area contributed by atoms with Gasteiger partial charge < -0.3 is 19.7 Å². The first-order valence-corrected chi connectivity index (χ1v) is 16.7. The van der Waals surface area contributed by atoms with Crippen LogP contribution in [0.25, 0.3) is 0 Å². The van der Waals surface area contributed by atoms with Crippen LogP contribution < -0.4 is 10.6 Å². The molecule has 4 bridgehead atoms. The summed E-state index contributed by atoms with van der Waals surface area (Å²) in [4.78, 5) is 13.3. The van der Waals surface area contributed by atoms with Crippen LogP contribution >= 0.6 is 7.60 Å². The van der Waals surface area contributed by atoms with E-state index in [4.69, 9.17) is 9.05 Å². The van der Waals surface area contributed by atoms with Crippen LogP contribution in [0, 0.1) is 28.6 Å². The molecule has 0 saturated heterocycles. The van der Waals surface area contributed by atoms with Gasteiger partial charge in [-0.05, 0) is 92.2 Å². The number of rotatable bonds is 14. The fourth-order valence-electron chi connectivity index (χ4n) is 7.26. The second-order valence-electron chi connectivity index (χ2n) is 13.4. The first kappa shape index (κ1) is 29.6. The van der Waals surface area contributed by atoms with Crippen LogP contribution in [0.5, 0.6) is 0 Å². The van der Waals surface area contributed by atoms with Crippen LogP contribution in [-0.4, -0.2) is 24.9 Å². The lowest BCUT2D eigenvalue weighted by atomic mass is 9.49. The van der Waals surface area contributed by atoms with Crippen LogP contribution in [-0.2, 0) is 25.0 Å². The summed E-state index contributed by atoms with van der Waals surface area (Å²) < 4.78 is 26.0. The first-order valence-electron chi connectivity index (χ1n) is 15.1. The van der Waals surface area contributed by atoms with Crippen LogP contribution in [0.3, 0.4) is 0 Å². The molecule has 1 aromatic rings. The number of unbranched alkanes of at least 4 members (excludes halogenated alkanes) is 2. The van der Waals surface area contributed by atoms with Crippen LogP contribution in [0.15, 0.2) is 24.3 Å².